The number of H-pyrrole nitrogens is 1. The van der Waals surface area contributed by atoms with Crippen molar-refractivity contribution in [3.05, 3.63) is 15.4 Å². The van der Waals surface area contributed by atoms with Gasteiger partial charge in [0.1, 0.15) is 0 Å². The van der Waals surface area contributed by atoms with E-state index >= 15 is 0 Å². The summed E-state index contributed by atoms with van der Waals surface area (Å²) in [5.41, 5.74) is 0.361. The number of rotatable bonds is 4. The lowest BCUT2D eigenvalue weighted by Gasteiger charge is -2.23. The van der Waals surface area contributed by atoms with Crippen molar-refractivity contribution >= 4 is 21.4 Å². The number of morpholine rings is 1. The third-order valence-electron chi connectivity index (χ3n) is 2.53. The van der Waals surface area contributed by atoms with Crippen molar-refractivity contribution in [2.75, 3.05) is 26.2 Å². The first-order chi connectivity index (χ1) is 8.49. The van der Waals surface area contributed by atoms with Crippen LogP contribution in [0.1, 0.15) is 5.69 Å². The fourth-order valence-corrected chi connectivity index (χ4v) is 4.08. The molecule has 1 aromatic heterocycles. The second kappa shape index (κ2) is 5.49. The lowest BCUT2D eigenvalue weighted by molar-refractivity contribution is 0.0324. The van der Waals surface area contributed by atoms with Crippen molar-refractivity contribution in [1.82, 2.24) is 15.0 Å². The number of thiazole rings is 1. The lowest BCUT2D eigenvalue weighted by Crippen LogP contribution is -2.45. The fourth-order valence-electron chi connectivity index (χ4n) is 1.67. The van der Waals surface area contributed by atoms with E-state index < -0.39 is 10.0 Å². The molecule has 0 amide bonds. The van der Waals surface area contributed by atoms with Gasteiger partial charge >= 0.3 is 4.87 Å². The number of hydrogen-bond donors (Lipinski definition) is 3. The van der Waals surface area contributed by atoms with Gasteiger partial charge in [0, 0.05) is 25.3 Å². The van der Waals surface area contributed by atoms with E-state index in [2.05, 4.69) is 15.0 Å². The Morgan fingerprint density at radius 3 is 2.89 bits per heavy atom. The molecule has 0 aliphatic carbocycles. The van der Waals surface area contributed by atoms with E-state index in [0.29, 0.717) is 30.2 Å². The van der Waals surface area contributed by atoms with E-state index in [1.165, 1.54) is 0 Å². The first kappa shape index (κ1) is 13.7. The molecule has 7 nitrogen and oxygen atoms in total. The highest BCUT2D eigenvalue weighted by molar-refractivity contribution is 7.91. The van der Waals surface area contributed by atoms with Crippen molar-refractivity contribution in [1.29, 1.82) is 0 Å². The molecule has 102 valence electrons. The minimum absolute atomic E-state index is 0.0382. The molecular formula is C9H15N3O4S2. The number of ether oxygens (including phenoxy) is 1. The molecule has 0 aromatic carbocycles. The zero-order valence-corrected chi connectivity index (χ0v) is 11.5. The van der Waals surface area contributed by atoms with Crippen LogP contribution in [0.15, 0.2) is 9.00 Å². The molecule has 2 rings (SSSR count). The molecule has 3 N–H and O–H groups in total. The molecule has 0 saturated carbocycles. The Bertz CT molecular complexity index is 557. The minimum atomic E-state index is -3.64. The quantitative estimate of drug-likeness (QED) is 0.662. The van der Waals surface area contributed by atoms with Gasteiger partial charge in [-0.05, 0) is 6.92 Å². The summed E-state index contributed by atoms with van der Waals surface area (Å²) in [7, 11) is -3.64. The van der Waals surface area contributed by atoms with E-state index in [9.17, 15) is 13.2 Å². The second-order valence-electron chi connectivity index (χ2n) is 3.98. The molecule has 2 heterocycles. The number of hydrogen-bond acceptors (Lipinski definition) is 6. The first-order valence-electron chi connectivity index (χ1n) is 5.51. The summed E-state index contributed by atoms with van der Waals surface area (Å²) in [5.74, 6) is 0. The molecule has 1 atom stereocenters. The van der Waals surface area contributed by atoms with Crippen LogP contribution < -0.4 is 14.9 Å². The van der Waals surface area contributed by atoms with E-state index in [0.717, 1.165) is 6.54 Å². The highest BCUT2D eigenvalue weighted by atomic mass is 32.2. The van der Waals surface area contributed by atoms with Crippen LogP contribution >= 0.6 is 11.3 Å². The highest BCUT2D eigenvalue weighted by Crippen LogP contribution is 2.15. The molecule has 18 heavy (non-hydrogen) atoms. The number of nitrogens with one attached hydrogen (secondary N) is 3. The summed E-state index contributed by atoms with van der Waals surface area (Å²) < 4.78 is 31.8. The Morgan fingerprint density at radius 2 is 2.33 bits per heavy atom. The van der Waals surface area contributed by atoms with Crippen LogP contribution in [0, 0.1) is 6.92 Å². The monoisotopic (exact) mass is 293 g/mol. The Balaban J connectivity index is 2.03. The van der Waals surface area contributed by atoms with Crippen LogP contribution in [0.3, 0.4) is 0 Å². The van der Waals surface area contributed by atoms with Crippen LogP contribution in [0.5, 0.6) is 0 Å². The molecule has 1 aliphatic heterocycles. The predicted octanol–water partition coefficient (Wildman–Crippen LogP) is -0.988. The van der Waals surface area contributed by atoms with Crippen molar-refractivity contribution in [2.45, 2.75) is 17.2 Å². The minimum Gasteiger partial charge on any atom is -0.374 e. The maximum Gasteiger partial charge on any atom is 0.305 e. The second-order valence-corrected chi connectivity index (χ2v) is 6.92. The largest absolute Gasteiger partial charge is 0.374 e. The molecule has 9 heteroatoms. The summed E-state index contributed by atoms with van der Waals surface area (Å²) in [4.78, 5) is 13.2. The molecule has 1 aromatic rings. The number of aryl methyl sites for hydroxylation is 1. The summed E-state index contributed by atoms with van der Waals surface area (Å²) in [6, 6.07) is 0. The number of sulfonamides is 1. The molecule has 1 unspecified atom stereocenters. The maximum absolute atomic E-state index is 12.0. The standard InChI is InChI=1S/C9H15N3O4S2/c1-6-8(17-9(13)12-6)18(14,15)11-5-7-4-10-2-3-16-7/h7,10-11H,2-5H2,1H3,(H,12,13). The van der Waals surface area contributed by atoms with Crippen LogP contribution in [0.2, 0.25) is 0 Å². The van der Waals surface area contributed by atoms with Gasteiger partial charge in [-0.25, -0.2) is 13.1 Å². The van der Waals surface area contributed by atoms with Crippen molar-refractivity contribution in [3.63, 3.8) is 0 Å². The Morgan fingerprint density at radius 1 is 1.56 bits per heavy atom. The molecule has 1 aliphatic rings. The summed E-state index contributed by atoms with van der Waals surface area (Å²) >= 11 is 0.690. The van der Waals surface area contributed by atoms with Gasteiger partial charge in [-0.15, -0.1) is 0 Å². The normalized spacial score (nSPS) is 21.1. The average Bonchev–Trinajstić information content (AvgIpc) is 2.68. The molecule has 1 saturated heterocycles. The molecule has 0 radical (unpaired) electrons. The van der Waals surface area contributed by atoms with Crippen LogP contribution in [-0.4, -0.2) is 45.7 Å². The van der Waals surface area contributed by atoms with Gasteiger partial charge in [-0.3, -0.25) is 4.79 Å². The number of aromatic nitrogens is 1. The Labute approximate surface area is 109 Å². The van der Waals surface area contributed by atoms with Gasteiger partial charge in [0.2, 0.25) is 0 Å². The Hall–Kier alpha value is -0.740. The van der Waals surface area contributed by atoms with Gasteiger partial charge in [0.15, 0.2) is 4.21 Å². The van der Waals surface area contributed by atoms with E-state index in [-0.39, 0.29) is 21.7 Å². The van der Waals surface area contributed by atoms with Gasteiger partial charge in [-0.2, -0.15) is 0 Å². The smallest absolute Gasteiger partial charge is 0.305 e. The molecule has 1 fully saturated rings. The molecule has 0 bridgehead atoms. The summed E-state index contributed by atoms with van der Waals surface area (Å²) in [6.07, 6.45) is -0.176. The Kier molecular flexibility index (Phi) is 4.17. The van der Waals surface area contributed by atoms with Crippen molar-refractivity contribution in [3.8, 4) is 0 Å². The predicted molar refractivity (Wildman–Crippen MR) is 67.5 cm³/mol. The van der Waals surface area contributed by atoms with Gasteiger partial charge < -0.3 is 15.0 Å². The highest BCUT2D eigenvalue weighted by Gasteiger charge is 2.22. The lowest BCUT2D eigenvalue weighted by atomic mass is 10.3. The van der Waals surface area contributed by atoms with Gasteiger partial charge in [0.25, 0.3) is 10.0 Å². The SMILES string of the molecule is Cc1[nH]c(=O)sc1S(=O)(=O)NCC1CNCCO1. The third kappa shape index (κ3) is 3.18. The topological polar surface area (TPSA) is 100 Å². The first-order valence-corrected chi connectivity index (χ1v) is 7.81. The fraction of sp³-hybridized carbons (Fsp3) is 0.667. The number of aromatic amines is 1. The van der Waals surface area contributed by atoms with Crippen molar-refractivity contribution in [2.24, 2.45) is 0 Å². The van der Waals surface area contributed by atoms with Crippen molar-refractivity contribution < 1.29 is 13.2 Å². The summed E-state index contributed by atoms with van der Waals surface area (Å²) in [5, 5.41) is 3.11. The third-order valence-corrected chi connectivity index (χ3v) is 5.56. The van der Waals surface area contributed by atoms with Gasteiger partial charge in [-0.1, -0.05) is 11.3 Å². The van der Waals surface area contributed by atoms with Gasteiger partial charge in [0.05, 0.1) is 12.7 Å². The van der Waals surface area contributed by atoms with Crippen LogP contribution in [0.4, 0.5) is 0 Å². The van der Waals surface area contributed by atoms with E-state index in [1.807, 2.05) is 0 Å². The molecular weight excluding hydrogens is 278 g/mol. The van der Waals surface area contributed by atoms with Crippen LogP contribution in [0.25, 0.3) is 0 Å². The zero-order valence-electron chi connectivity index (χ0n) is 9.86. The van der Waals surface area contributed by atoms with E-state index in [4.69, 9.17) is 4.74 Å². The summed E-state index contributed by atoms with van der Waals surface area (Å²) in [6.45, 7) is 3.72. The van der Waals surface area contributed by atoms with Crippen LogP contribution in [-0.2, 0) is 14.8 Å². The average molecular weight is 293 g/mol. The molecule has 0 spiro atoms. The maximum atomic E-state index is 12.0. The van der Waals surface area contributed by atoms with E-state index in [1.54, 1.807) is 6.92 Å². The zero-order chi connectivity index (χ0) is 13.2.